The molecule has 2 N–H and O–H groups in total. The lowest BCUT2D eigenvalue weighted by atomic mass is 9.98. The van der Waals surface area contributed by atoms with Crippen molar-refractivity contribution in [3.63, 3.8) is 0 Å². The van der Waals surface area contributed by atoms with Gasteiger partial charge in [0.15, 0.2) is 0 Å². The van der Waals surface area contributed by atoms with E-state index in [9.17, 15) is 9.59 Å². The van der Waals surface area contributed by atoms with Crippen molar-refractivity contribution in [3.8, 4) is 0 Å². The second-order valence-electron chi connectivity index (χ2n) is 7.33. The lowest BCUT2D eigenvalue weighted by molar-refractivity contribution is -0.139. The maximum Gasteiger partial charge on any atom is 0.309 e. The SMILES string of the molecule is CC(C)CNC(=O)C(=O)NC[C@@H](c1cccs1)N1CCc2ccccc2C1. The van der Waals surface area contributed by atoms with Crippen molar-refractivity contribution in [2.24, 2.45) is 5.92 Å². The largest absolute Gasteiger partial charge is 0.348 e. The number of rotatable bonds is 6. The van der Waals surface area contributed by atoms with Crippen LogP contribution in [0.2, 0.25) is 0 Å². The molecule has 3 rings (SSSR count). The van der Waals surface area contributed by atoms with E-state index in [1.54, 1.807) is 11.3 Å². The molecule has 0 fully saturated rings. The molecule has 0 radical (unpaired) electrons. The molecule has 1 aliphatic heterocycles. The third-order valence-corrected chi connectivity index (χ3v) is 5.78. The summed E-state index contributed by atoms with van der Waals surface area (Å²) in [6.45, 7) is 6.72. The number of benzene rings is 1. The molecule has 1 aromatic heterocycles. The molecule has 27 heavy (non-hydrogen) atoms. The Kier molecular flexibility index (Phi) is 6.63. The van der Waals surface area contributed by atoms with E-state index in [0.29, 0.717) is 19.0 Å². The first-order chi connectivity index (χ1) is 13.0. The van der Waals surface area contributed by atoms with Crippen LogP contribution in [0.3, 0.4) is 0 Å². The number of nitrogens with one attached hydrogen (secondary N) is 2. The Morgan fingerprint density at radius 2 is 1.74 bits per heavy atom. The van der Waals surface area contributed by atoms with Gasteiger partial charge in [-0.1, -0.05) is 44.2 Å². The predicted molar refractivity (Wildman–Crippen MR) is 108 cm³/mol. The van der Waals surface area contributed by atoms with E-state index >= 15 is 0 Å². The molecule has 2 amide bonds. The fourth-order valence-corrected chi connectivity index (χ4v) is 4.18. The molecular weight excluding hydrogens is 358 g/mol. The van der Waals surface area contributed by atoms with Crippen molar-refractivity contribution >= 4 is 23.2 Å². The summed E-state index contributed by atoms with van der Waals surface area (Å²) >= 11 is 1.69. The number of carbonyl (C=O) groups is 2. The molecule has 5 nitrogen and oxygen atoms in total. The summed E-state index contributed by atoms with van der Waals surface area (Å²) in [5.74, 6) is -0.804. The highest BCUT2D eigenvalue weighted by molar-refractivity contribution is 7.10. The maximum atomic E-state index is 12.2. The third kappa shape index (κ3) is 5.17. The third-order valence-electron chi connectivity index (χ3n) is 4.81. The fraction of sp³-hybridized carbons (Fsp3) is 0.429. The molecule has 0 bridgehead atoms. The molecule has 144 valence electrons. The standard InChI is InChI=1S/C21H27N3O2S/c1-15(2)12-22-20(25)21(26)23-13-18(19-8-5-11-27-19)24-10-9-16-6-3-4-7-17(16)14-24/h3-8,11,15,18H,9-10,12-14H2,1-2H3,(H,22,25)(H,23,26)/t18-/m0/s1. The number of thiophene rings is 1. The van der Waals surface area contributed by atoms with E-state index in [2.05, 4.69) is 51.2 Å². The van der Waals surface area contributed by atoms with Gasteiger partial charge in [0.2, 0.25) is 0 Å². The molecule has 0 saturated heterocycles. The molecule has 6 heteroatoms. The van der Waals surface area contributed by atoms with Gasteiger partial charge in [0.05, 0.1) is 6.04 Å². The molecule has 1 aromatic carbocycles. The Labute approximate surface area is 164 Å². The number of hydrogen-bond donors (Lipinski definition) is 2. The predicted octanol–water partition coefficient (Wildman–Crippen LogP) is 2.74. The average molecular weight is 386 g/mol. The number of carbonyl (C=O) groups excluding carboxylic acids is 2. The van der Waals surface area contributed by atoms with Gasteiger partial charge in [-0.3, -0.25) is 14.5 Å². The van der Waals surface area contributed by atoms with Crippen molar-refractivity contribution < 1.29 is 9.59 Å². The van der Waals surface area contributed by atoms with Gasteiger partial charge in [0, 0.05) is 31.1 Å². The van der Waals surface area contributed by atoms with Crippen molar-refractivity contribution in [1.82, 2.24) is 15.5 Å². The summed E-state index contributed by atoms with van der Waals surface area (Å²) in [5, 5.41) is 7.55. The Bertz CT molecular complexity index is 773. The fourth-order valence-electron chi connectivity index (χ4n) is 3.32. The van der Waals surface area contributed by atoms with Crippen LogP contribution >= 0.6 is 11.3 Å². The van der Waals surface area contributed by atoms with Crippen LogP contribution in [0.15, 0.2) is 41.8 Å². The first-order valence-corrected chi connectivity index (χ1v) is 10.3. The number of fused-ring (bicyclic) bond motifs is 1. The van der Waals surface area contributed by atoms with Crippen LogP contribution in [0.25, 0.3) is 0 Å². The molecule has 1 aliphatic rings. The van der Waals surface area contributed by atoms with Crippen molar-refractivity contribution in [1.29, 1.82) is 0 Å². The highest BCUT2D eigenvalue weighted by Crippen LogP contribution is 2.29. The molecule has 2 aromatic rings. The number of nitrogens with zero attached hydrogens (tertiary/aromatic N) is 1. The zero-order valence-electron chi connectivity index (χ0n) is 15.9. The van der Waals surface area contributed by atoms with Gasteiger partial charge in [0.1, 0.15) is 0 Å². The average Bonchev–Trinajstić information content (AvgIpc) is 3.20. The van der Waals surface area contributed by atoms with Gasteiger partial charge < -0.3 is 10.6 Å². The molecule has 0 aliphatic carbocycles. The molecule has 0 spiro atoms. The molecule has 0 unspecified atom stereocenters. The number of hydrogen-bond acceptors (Lipinski definition) is 4. The highest BCUT2D eigenvalue weighted by Gasteiger charge is 2.26. The van der Waals surface area contributed by atoms with Crippen LogP contribution < -0.4 is 10.6 Å². The normalized spacial score (nSPS) is 15.2. The summed E-state index contributed by atoms with van der Waals surface area (Å²) in [4.78, 5) is 27.7. The van der Waals surface area contributed by atoms with Crippen molar-refractivity contribution in [3.05, 3.63) is 57.8 Å². The van der Waals surface area contributed by atoms with Gasteiger partial charge in [-0.25, -0.2) is 0 Å². The monoisotopic (exact) mass is 385 g/mol. The van der Waals surface area contributed by atoms with E-state index in [1.165, 1.54) is 16.0 Å². The van der Waals surface area contributed by atoms with Crippen LogP contribution in [0, 0.1) is 5.92 Å². The van der Waals surface area contributed by atoms with E-state index in [-0.39, 0.29) is 6.04 Å². The number of amides is 2. The minimum atomic E-state index is -0.561. The van der Waals surface area contributed by atoms with E-state index in [0.717, 1.165) is 19.5 Å². The van der Waals surface area contributed by atoms with Crippen LogP contribution in [0.5, 0.6) is 0 Å². The lowest BCUT2D eigenvalue weighted by Crippen LogP contribution is -2.45. The first kappa shape index (κ1) is 19.6. The van der Waals surface area contributed by atoms with Gasteiger partial charge >= 0.3 is 11.8 Å². The summed E-state index contributed by atoms with van der Waals surface area (Å²) in [6.07, 6.45) is 1.00. The summed E-state index contributed by atoms with van der Waals surface area (Å²) in [7, 11) is 0. The zero-order chi connectivity index (χ0) is 19.2. The summed E-state index contributed by atoms with van der Waals surface area (Å²) in [5.41, 5.74) is 2.74. The van der Waals surface area contributed by atoms with Crippen LogP contribution in [-0.4, -0.2) is 36.3 Å². The second-order valence-corrected chi connectivity index (χ2v) is 8.31. The Morgan fingerprint density at radius 3 is 2.41 bits per heavy atom. The zero-order valence-corrected chi connectivity index (χ0v) is 16.7. The van der Waals surface area contributed by atoms with E-state index in [4.69, 9.17) is 0 Å². The minimum absolute atomic E-state index is 0.0696. The molecule has 0 saturated carbocycles. The van der Waals surface area contributed by atoms with Crippen LogP contribution in [-0.2, 0) is 22.6 Å². The lowest BCUT2D eigenvalue weighted by Gasteiger charge is -2.35. The van der Waals surface area contributed by atoms with Gasteiger partial charge in [0.25, 0.3) is 0 Å². The van der Waals surface area contributed by atoms with Gasteiger partial charge in [-0.2, -0.15) is 0 Å². The van der Waals surface area contributed by atoms with Crippen LogP contribution in [0.1, 0.15) is 35.9 Å². The van der Waals surface area contributed by atoms with Crippen LogP contribution in [0.4, 0.5) is 0 Å². The summed E-state index contributed by atoms with van der Waals surface area (Å²) in [6, 6.07) is 12.7. The molecule has 2 heterocycles. The highest BCUT2D eigenvalue weighted by atomic mass is 32.1. The molecular formula is C21H27N3O2S. The van der Waals surface area contributed by atoms with Gasteiger partial charge in [-0.15, -0.1) is 11.3 Å². The van der Waals surface area contributed by atoms with Crippen molar-refractivity contribution in [2.45, 2.75) is 32.9 Å². The van der Waals surface area contributed by atoms with E-state index < -0.39 is 11.8 Å². The maximum absolute atomic E-state index is 12.2. The smallest absolute Gasteiger partial charge is 0.309 e. The first-order valence-electron chi connectivity index (χ1n) is 9.45. The van der Waals surface area contributed by atoms with E-state index in [1.807, 2.05) is 19.9 Å². The molecule has 1 atom stereocenters. The minimum Gasteiger partial charge on any atom is -0.348 e. The Hall–Kier alpha value is -2.18. The quantitative estimate of drug-likeness (QED) is 0.752. The Balaban J connectivity index is 1.65. The topological polar surface area (TPSA) is 61.4 Å². The second kappa shape index (κ2) is 9.15. The Morgan fingerprint density at radius 1 is 1.04 bits per heavy atom. The van der Waals surface area contributed by atoms with Crippen molar-refractivity contribution in [2.75, 3.05) is 19.6 Å². The van der Waals surface area contributed by atoms with Gasteiger partial charge in [-0.05, 0) is 34.9 Å². The summed E-state index contributed by atoms with van der Waals surface area (Å²) < 4.78 is 0.